The van der Waals surface area contributed by atoms with E-state index in [1.165, 1.54) is 11.1 Å². The van der Waals surface area contributed by atoms with Crippen LogP contribution in [0, 0.1) is 6.92 Å². The summed E-state index contributed by atoms with van der Waals surface area (Å²) in [7, 11) is 0. The minimum absolute atomic E-state index is 0.0584. The molecule has 3 heteroatoms. The Balaban J connectivity index is 1.89. The second-order valence-corrected chi connectivity index (χ2v) is 4.96. The molecule has 0 bridgehead atoms. The molecule has 1 aromatic rings. The Morgan fingerprint density at radius 1 is 1.44 bits per heavy atom. The third-order valence-electron chi connectivity index (χ3n) is 3.57. The van der Waals surface area contributed by atoms with Crippen LogP contribution in [0.4, 0.5) is 0 Å². The molecule has 96 valence electrons. The summed E-state index contributed by atoms with van der Waals surface area (Å²) in [4.78, 5) is 0. The predicted molar refractivity (Wildman–Crippen MR) is 68.8 cm³/mol. The van der Waals surface area contributed by atoms with Crippen molar-refractivity contribution in [3.8, 4) is 5.75 Å². The number of hydrogen-bond donors (Lipinski definition) is 1. The number of ether oxygens (including phenoxy) is 2. The molecule has 0 radical (unpaired) electrons. The summed E-state index contributed by atoms with van der Waals surface area (Å²) >= 11 is 0. The zero-order valence-corrected chi connectivity index (χ0v) is 10.6. The van der Waals surface area contributed by atoms with Gasteiger partial charge in [0, 0.05) is 23.5 Å². The van der Waals surface area contributed by atoms with Gasteiger partial charge in [0.15, 0.2) is 0 Å². The smallest absolute Gasteiger partial charge is 0.129 e. The number of rotatable bonds is 4. The highest BCUT2D eigenvalue weighted by atomic mass is 16.5. The van der Waals surface area contributed by atoms with Gasteiger partial charge in [-0.05, 0) is 6.92 Å². The second kappa shape index (κ2) is 4.75. The third-order valence-corrected chi connectivity index (χ3v) is 3.57. The quantitative estimate of drug-likeness (QED) is 0.654. The van der Waals surface area contributed by atoms with Crippen molar-refractivity contribution in [2.24, 2.45) is 0 Å². The van der Waals surface area contributed by atoms with E-state index in [1.54, 1.807) is 0 Å². The summed E-state index contributed by atoms with van der Waals surface area (Å²) < 4.78 is 11.5. The van der Waals surface area contributed by atoms with E-state index in [2.05, 4.69) is 31.2 Å². The van der Waals surface area contributed by atoms with Gasteiger partial charge in [-0.15, -0.1) is 0 Å². The lowest BCUT2D eigenvalue weighted by molar-refractivity contribution is 0.0795. The van der Waals surface area contributed by atoms with Crippen LogP contribution < -0.4 is 4.74 Å². The Labute approximate surface area is 107 Å². The van der Waals surface area contributed by atoms with E-state index in [0.29, 0.717) is 19.1 Å². The van der Waals surface area contributed by atoms with Gasteiger partial charge < -0.3 is 14.6 Å². The molecule has 3 rings (SSSR count). The molecule has 0 saturated heterocycles. The molecule has 1 heterocycles. The lowest BCUT2D eigenvalue weighted by atomic mass is 9.95. The van der Waals surface area contributed by atoms with Gasteiger partial charge in [-0.25, -0.2) is 0 Å². The van der Waals surface area contributed by atoms with E-state index < -0.39 is 0 Å². The second-order valence-electron chi connectivity index (χ2n) is 4.96. The van der Waals surface area contributed by atoms with Crippen molar-refractivity contribution in [3.63, 3.8) is 0 Å². The topological polar surface area (TPSA) is 38.7 Å². The van der Waals surface area contributed by atoms with Crippen LogP contribution in [-0.4, -0.2) is 24.4 Å². The van der Waals surface area contributed by atoms with Crippen LogP contribution in [0.2, 0.25) is 0 Å². The van der Waals surface area contributed by atoms with Crippen LogP contribution in [0.1, 0.15) is 29.0 Å². The lowest BCUT2D eigenvalue weighted by Gasteiger charge is -2.11. The number of fused-ring (bicyclic) bond motifs is 3. The largest absolute Gasteiger partial charge is 0.488 e. The Hall–Kier alpha value is -1.32. The molecule has 3 nitrogen and oxygen atoms in total. The first-order chi connectivity index (χ1) is 8.79. The molecular formula is C15H18O3. The van der Waals surface area contributed by atoms with Crippen LogP contribution in [0.5, 0.6) is 5.75 Å². The van der Waals surface area contributed by atoms with Gasteiger partial charge >= 0.3 is 0 Å². The molecule has 1 N–H and O–H groups in total. The first-order valence-electron chi connectivity index (χ1n) is 6.45. The number of aryl methyl sites for hydroxylation is 1. The summed E-state index contributed by atoms with van der Waals surface area (Å²) in [5, 5.41) is 8.76. The van der Waals surface area contributed by atoms with Crippen LogP contribution in [0.15, 0.2) is 24.3 Å². The van der Waals surface area contributed by atoms with Gasteiger partial charge in [0.1, 0.15) is 11.9 Å². The van der Waals surface area contributed by atoms with E-state index in [1.807, 2.05) is 0 Å². The number of benzene rings is 1. The van der Waals surface area contributed by atoms with E-state index in [0.717, 1.165) is 17.7 Å². The molecule has 18 heavy (non-hydrogen) atoms. The minimum Gasteiger partial charge on any atom is -0.488 e. The Morgan fingerprint density at radius 2 is 2.33 bits per heavy atom. The summed E-state index contributed by atoms with van der Waals surface area (Å²) in [5.41, 5.74) is 3.62. The summed E-state index contributed by atoms with van der Waals surface area (Å²) in [6, 6.07) is 4.33. The molecule has 0 unspecified atom stereocenters. The van der Waals surface area contributed by atoms with Crippen molar-refractivity contribution < 1.29 is 14.6 Å². The highest BCUT2D eigenvalue weighted by Crippen LogP contribution is 2.45. The minimum atomic E-state index is 0.0584. The average molecular weight is 246 g/mol. The van der Waals surface area contributed by atoms with E-state index >= 15 is 0 Å². The van der Waals surface area contributed by atoms with Crippen LogP contribution >= 0.6 is 0 Å². The zero-order valence-electron chi connectivity index (χ0n) is 10.6. The lowest BCUT2D eigenvalue weighted by Crippen LogP contribution is -2.12. The van der Waals surface area contributed by atoms with Gasteiger partial charge in [-0.3, -0.25) is 0 Å². The third kappa shape index (κ3) is 1.93. The highest BCUT2D eigenvalue weighted by Gasteiger charge is 2.36. The predicted octanol–water partition coefficient (Wildman–Crippen LogP) is 2.31. The molecule has 1 aromatic carbocycles. The fourth-order valence-electron chi connectivity index (χ4n) is 2.83. The van der Waals surface area contributed by atoms with Crippen LogP contribution in [-0.2, 0) is 11.3 Å². The zero-order chi connectivity index (χ0) is 12.5. The van der Waals surface area contributed by atoms with Gasteiger partial charge in [0.25, 0.3) is 0 Å². The average Bonchev–Trinajstić information content (AvgIpc) is 2.91. The van der Waals surface area contributed by atoms with Crippen molar-refractivity contribution in [2.75, 3.05) is 13.2 Å². The van der Waals surface area contributed by atoms with Gasteiger partial charge in [0.05, 0.1) is 19.8 Å². The van der Waals surface area contributed by atoms with E-state index in [4.69, 9.17) is 14.6 Å². The first kappa shape index (κ1) is 11.8. The normalized spacial score (nSPS) is 23.9. The molecule has 1 aliphatic carbocycles. The van der Waals surface area contributed by atoms with Gasteiger partial charge in [-0.2, -0.15) is 0 Å². The van der Waals surface area contributed by atoms with Gasteiger partial charge in [0.2, 0.25) is 0 Å². The molecular weight excluding hydrogens is 228 g/mol. The SMILES string of the molecule is Cc1cc(COCCO)c2c(c1)[C@H]1C=CC[C@H]1O2. The van der Waals surface area contributed by atoms with Crippen molar-refractivity contribution in [2.45, 2.75) is 32.0 Å². The molecule has 1 aliphatic heterocycles. The molecule has 0 spiro atoms. The fourth-order valence-corrected chi connectivity index (χ4v) is 2.83. The van der Waals surface area contributed by atoms with Crippen molar-refractivity contribution >= 4 is 0 Å². The maximum atomic E-state index is 8.76. The maximum Gasteiger partial charge on any atom is 0.129 e. The fraction of sp³-hybridized carbons (Fsp3) is 0.467. The van der Waals surface area contributed by atoms with Crippen LogP contribution in [0.3, 0.4) is 0 Å². The van der Waals surface area contributed by atoms with Crippen LogP contribution in [0.25, 0.3) is 0 Å². The molecule has 2 atom stereocenters. The summed E-state index contributed by atoms with van der Waals surface area (Å²) in [6.07, 6.45) is 5.71. The monoisotopic (exact) mass is 246 g/mol. The van der Waals surface area contributed by atoms with E-state index in [9.17, 15) is 0 Å². The molecule has 0 fully saturated rings. The standard InChI is InChI=1S/C15H18O3/c1-10-7-11(9-17-6-5-16)15-13(8-10)12-3-2-4-14(12)18-15/h2-3,7-8,12,14,16H,4-6,9H2,1H3/t12-,14-/m1/s1. The summed E-state index contributed by atoms with van der Waals surface area (Å²) in [6.45, 7) is 3.04. The number of hydrogen-bond acceptors (Lipinski definition) is 3. The molecule has 0 saturated carbocycles. The van der Waals surface area contributed by atoms with Crippen molar-refractivity contribution in [1.29, 1.82) is 0 Å². The first-order valence-corrected chi connectivity index (χ1v) is 6.45. The number of aliphatic hydroxyl groups is 1. The van der Waals surface area contributed by atoms with Gasteiger partial charge in [-0.1, -0.05) is 29.8 Å². The Bertz CT molecular complexity index is 479. The van der Waals surface area contributed by atoms with Crippen molar-refractivity contribution in [3.05, 3.63) is 41.0 Å². The number of aliphatic hydroxyl groups excluding tert-OH is 1. The maximum absolute atomic E-state index is 8.76. The highest BCUT2D eigenvalue weighted by molar-refractivity contribution is 5.52. The molecule has 0 amide bonds. The Kier molecular flexibility index (Phi) is 3.10. The Morgan fingerprint density at radius 3 is 3.17 bits per heavy atom. The van der Waals surface area contributed by atoms with E-state index in [-0.39, 0.29) is 12.7 Å². The van der Waals surface area contributed by atoms with Crippen molar-refractivity contribution in [1.82, 2.24) is 0 Å². The molecule has 0 aromatic heterocycles. The summed E-state index contributed by atoms with van der Waals surface area (Å²) in [5.74, 6) is 1.41. The molecule has 2 aliphatic rings.